The number of carbonyl (C=O) groups is 2. The molecule has 1 spiro atoms. The van der Waals surface area contributed by atoms with Gasteiger partial charge in [-0.25, -0.2) is 4.79 Å². The monoisotopic (exact) mass is 256 g/mol. The van der Waals surface area contributed by atoms with E-state index in [1.54, 1.807) is 20.8 Å². The lowest BCUT2D eigenvalue weighted by Gasteiger charge is -2.48. The molecule has 2 rings (SSSR count). The molecular formula is C12H20N2O4. The van der Waals surface area contributed by atoms with E-state index in [0.29, 0.717) is 19.6 Å². The number of likely N-dealkylation sites (tertiary alicyclic amines) is 1. The van der Waals surface area contributed by atoms with Crippen molar-refractivity contribution in [2.24, 2.45) is 11.3 Å². The number of nitrogens with zero attached hydrogens (tertiary/aromatic N) is 1. The van der Waals surface area contributed by atoms with Gasteiger partial charge in [0, 0.05) is 32.2 Å². The second-order valence-corrected chi connectivity index (χ2v) is 6.08. The predicted molar refractivity (Wildman–Crippen MR) is 63.8 cm³/mol. The van der Waals surface area contributed by atoms with Crippen molar-refractivity contribution in [1.82, 2.24) is 10.2 Å². The largest absolute Gasteiger partial charge is 0.444 e. The molecule has 0 aromatic carbocycles. The zero-order valence-corrected chi connectivity index (χ0v) is 11.0. The van der Waals surface area contributed by atoms with Crippen LogP contribution in [0.5, 0.6) is 0 Å². The lowest BCUT2D eigenvalue weighted by Crippen LogP contribution is -2.64. The molecule has 6 nitrogen and oxygen atoms in total. The van der Waals surface area contributed by atoms with E-state index in [2.05, 4.69) is 5.32 Å². The van der Waals surface area contributed by atoms with Gasteiger partial charge in [0.15, 0.2) is 0 Å². The van der Waals surface area contributed by atoms with Gasteiger partial charge >= 0.3 is 6.09 Å². The van der Waals surface area contributed by atoms with E-state index in [9.17, 15) is 14.7 Å². The predicted octanol–water partition coefficient (Wildman–Crippen LogP) is -0.0382. The fourth-order valence-corrected chi connectivity index (χ4v) is 2.50. The molecule has 0 aromatic heterocycles. The summed E-state index contributed by atoms with van der Waals surface area (Å²) in [4.78, 5) is 25.1. The SMILES string of the molecule is CC(C)(C)OC(=O)N1CC2(C1)C(=O)NCC2CO. The van der Waals surface area contributed by atoms with Gasteiger partial charge in [-0.3, -0.25) is 4.79 Å². The first-order valence-electron chi connectivity index (χ1n) is 6.15. The van der Waals surface area contributed by atoms with Gasteiger partial charge in [0.1, 0.15) is 5.60 Å². The third kappa shape index (κ3) is 2.05. The molecule has 2 aliphatic heterocycles. The summed E-state index contributed by atoms with van der Waals surface area (Å²) in [5.74, 6) is -0.176. The quantitative estimate of drug-likeness (QED) is 0.690. The minimum Gasteiger partial charge on any atom is -0.444 e. The van der Waals surface area contributed by atoms with Crippen molar-refractivity contribution < 1.29 is 19.4 Å². The number of aliphatic hydroxyl groups excluding tert-OH is 1. The van der Waals surface area contributed by atoms with Crippen LogP contribution in [0, 0.1) is 11.3 Å². The first-order chi connectivity index (χ1) is 8.28. The summed E-state index contributed by atoms with van der Waals surface area (Å²) in [5, 5.41) is 12.0. The Morgan fingerprint density at radius 3 is 2.67 bits per heavy atom. The Balaban J connectivity index is 1.97. The van der Waals surface area contributed by atoms with Crippen LogP contribution in [0.15, 0.2) is 0 Å². The van der Waals surface area contributed by atoms with Crippen molar-refractivity contribution in [3.63, 3.8) is 0 Å². The Hall–Kier alpha value is -1.30. The molecule has 2 heterocycles. The Kier molecular flexibility index (Phi) is 3.01. The Morgan fingerprint density at radius 2 is 2.17 bits per heavy atom. The van der Waals surface area contributed by atoms with Crippen molar-refractivity contribution in [3.8, 4) is 0 Å². The standard InChI is InChI=1S/C12H20N2O4/c1-11(2,3)18-10(17)14-6-12(7-14)8(5-15)4-13-9(12)16/h8,15H,4-7H2,1-3H3,(H,13,16). The number of carbonyl (C=O) groups excluding carboxylic acids is 2. The molecule has 1 atom stereocenters. The highest BCUT2D eigenvalue weighted by molar-refractivity contribution is 5.88. The minimum absolute atomic E-state index is 0.0408. The van der Waals surface area contributed by atoms with Gasteiger partial charge in [-0.15, -0.1) is 0 Å². The molecule has 1 unspecified atom stereocenters. The number of hydrogen-bond acceptors (Lipinski definition) is 4. The van der Waals surface area contributed by atoms with Gasteiger partial charge in [-0.1, -0.05) is 0 Å². The molecule has 0 aliphatic carbocycles. The van der Waals surface area contributed by atoms with E-state index < -0.39 is 17.1 Å². The van der Waals surface area contributed by atoms with Crippen LogP contribution in [0.25, 0.3) is 0 Å². The Bertz CT molecular complexity index is 369. The highest BCUT2D eigenvalue weighted by Gasteiger charge is 2.59. The molecule has 102 valence electrons. The molecule has 2 amide bonds. The van der Waals surface area contributed by atoms with Crippen LogP contribution in [-0.2, 0) is 9.53 Å². The molecule has 2 N–H and O–H groups in total. The summed E-state index contributed by atoms with van der Waals surface area (Å²) in [7, 11) is 0. The second-order valence-electron chi connectivity index (χ2n) is 6.08. The smallest absolute Gasteiger partial charge is 0.410 e. The molecule has 0 bridgehead atoms. The van der Waals surface area contributed by atoms with E-state index in [0.717, 1.165) is 0 Å². The number of ether oxygens (including phenoxy) is 1. The average molecular weight is 256 g/mol. The number of nitrogens with one attached hydrogen (secondary N) is 1. The van der Waals surface area contributed by atoms with Crippen molar-refractivity contribution in [1.29, 1.82) is 0 Å². The number of rotatable bonds is 1. The summed E-state index contributed by atoms with van der Waals surface area (Å²) in [5.41, 5.74) is -1.14. The maximum absolute atomic E-state index is 11.8. The van der Waals surface area contributed by atoms with Crippen LogP contribution >= 0.6 is 0 Å². The van der Waals surface area contributed by atoms with Gasteiger partial charge in [-0.2, -0.15) is 0 Å². The fourth-order valence-electron chi connectivity index (χ4n) is 2.50. The van der Waals surface area contributed by atoms with Gasteiger partial charge in [0.25, 0.3) is 0 Å². The van der Waals surface area contributed by atoms with Crippen LogP contribution in [0.1, 0.15) is 20.8 Å². The molecular weight excluding hydrogens is 236 g/mol. The first-order valence-corrected chi connectivity index (χ1v) is 6.15. The Morgan fingerprint density at radius 1 is 1.56 bits per heavy atom. The van der Waals surface area contributed by atoms with E-state index in [1.807, 2.05) is 0 Å². The Labute approximate surface area is 106 Å². The summed E-state index contributed by atoms with van der Waals surface area (Å²) < 4.78 is 5.24. The normalized spacial score (nSPS) is 25.9. The molecule has 2 fully saturated rings. The number of aliphatic hydroxyl groups is 1. The van der Waals surface area contributed by atoms with Gasteiger partial charge < -0.3 is 20.1 Å². The third-order valence-electron chi connectivity index (χ3n) is 3.56. The van der Waals surface area contributed by atoms with Crippen LogP contribution in [0.4, 0.5) is 4.79 Å². The van der Waals surface area contributed by atoms with Crippen LogP contribution in [0.2, 0.25) is 0 Å². The van der Waals surface area contributed by atoms with Crippen LogP contribution < -0.4 is 5.32 Å². The van der Waals surface area contributed by atoms with Crippen molar-refractivity contribution in [2.45, 2.75) is 26.4 Å². The van der Waals surface area contributed by atoms with Crippen molar-refractivity contribution >= 4 is 12.0 Å². The highest BCUT2D eigenvalue weighted by Crippen LogP contribution is 2.41. The average Bonchev–Trinajstić information content (AvgIpc) is 2.49. The summed E-state index contributed by atoms with van der Waals surface area (Å²) >= 11 is 0. The lowest BCUT2D eigenvalue weighted by atomic mass is 9.71. The van der Waals surface area contributed by atoms with E-state index in [-0.39, 0.29) is 18.4 Å². The fraction of sp³-hybridized carbons (Fsp3) is 0.833. The molecule has 2 saturated heterocycles. The number of hydrogen-bond donors (Lipinski definition) is 2. The molecule has 18 heavy (non-hydrogen) atoms. The van der Waals surface area contributed by atoms with Crippen molar-refractivity contribution in [3.05, 3.63) is 0 Å². The zero-order valence-electron chi connectivity index (χ0n) is 11.0. The molecule has 0 saturated carbocycles. The molecule has 0 aromatic rings. The van der Waals surface area contributed by atoms with E-state index in [4.69, 9.17) is 4.74 Å². The molecule has 6 heteroatoms. The summed E-state index contributed by atoms with van der Waals surface area (Å²) in [6.07, 6.45) is -0.399. The third-order valence-corrected chi connectivity index (χ3v) is 3.56. The zero-order chi connectivity index (χ0) is 13.6. The van der Waals surface area contributed by atoms with Crippen molar-refractivity contribution in [2.75, 3.05) is 26.2 Å². The molecule has 2 aliphatic rings. The summed E-state index contributed by atoms with van der Waals surface area (Å²) in [6.45, 7) is 6.52. The second kappa shape index (κ2) is 4.12. The van der Waals surface area contributed by atoms with Gasteiger partial charge in [-0.05, 0) is 20.8 Å². The van der Waals surface area contributed by atoms with E-state index >= 15 is 0 Å². The van der Waals surface area contributed by atoms with Gasteiger partial charge in [0.2, 0.25) is 5.91 Å². The van der Waals surface area contributed by atoms with Gasteiger partial charge in [0.05, 0.1) is 5.41 Å². The maximum atomic E-state index is 11.8. The van der Waals surface area contributed by atoms with Crippen LogP contribution in [-0.4, -0.2) is 53.8 Å². The molecule has 0 radical (unpaired) electrons. The van der Waals surface area contributed by atoms with E-state index in [1.165, 1.54) is 4.90 Å². The maximum Gasteiger partial charge on any atom is 0.410 e. The minimum atomic E-state index is -0.606. The summed E-state index contributed by atoms with van der Waals surface area (Å²) in [6, 6.07) is 0. The first kappa shape index (κ1) is 13.1. The highest BCUT2D eigenvalue weighted by atomic mass is 16.6. The lowest BCUT2D eigenvalue weighted by molar-refractivity contribution is -0.140. The van der Waals surface area contributed by atoms with Crippen LogP contribution in [0.3, 0.4) is 0 Å². The topological polar surface area (TPSA) is 78.9 Å². The number of amides is 2.